The van der Waals surface area contributed by atoms with E-state index in [1.54, 1.807) is 38.1 Å². The fourth-order valence-electron chi connectivity index (χ4n) is 2.20. The van der Waals surface area contributed by atoms with Crippen LogP contribution in [0, 0.1) is 17.2 Å². The molecule has 5 nitrogen and oxygen atoms in total. The number of carbonyl (C=O) groups excluding carboxylic acids is 2. The second-order valence-electron chi connectivity index (χ2n) is 5.59. The van der Waals surface area contributed by atoms with Crippen LogP contribution < -0.4 is 5.32 Å². The summed E-state index contributed by atoms with van der Waals surface area (Å²) in [6, 6.07) is 9.32. The normalized spacial score (nSPS) is 12.8. The van der Waals surface area contributed by atoms with Crippen LogP contribution in [-0.4, -0.2) is 22.7 Å². The van der Waals surface area contributed by atoms with Crippen molar-refractivity contribution in [2.24, 2.45) is 5.92 Å². The summed E-state index contributed by atoms with van der Waals surface area (Å²) in [7, 11) is 0. The minimum atomic E-state index is -0.465. The molecular formula is C18H15Cl2N3O2. The zero-order valence-corrected chi connectivity index (χ0v) is 15.1. The van der Waals surface area contributed by atoms with Crippen molar-refractivity contribution in [3.63, 3.8) is 0 Å². The van der Waals surface area contributed by atoms with Crippen molar-refractivity contribution < 1.29 is 9.59 Å². The lowest BCUT2D eigenvalue weighted by atomic mass is 9.93. The highest BCUT2D eigenvalue weighted by Gasteiger charge is 2.24. The maximum atomic E-state index is 12.5. The monoisotopic (exact) mass is 375 g/mol. The summed E-state index contributed by atoms with van der Waals surface area (Å²) in [6.07, 6.45) is 1.30. The molecule has 1 aromatic heterocycles. The maximum Gasteiger partial charge on any atom is 0.253 e. The van der Waals surface area contributed by atoms with E-state index in [1.807, 2.05) is 6.07 Å². The number of carbonyl (C=O) groups is 2. The molecule has 0 aliphatic rings. The number of amides is 1. The fraction of sp³-hybridized carbons (Fsp3) is 0.222. The van der Waals surface area contributed by atoms with E-state index in [1.165, 1.54) is 12.3 Å². The Morgan fingerprint density at radius 1 is 1.20 bits per heavy atom. The van der Waals surface area contributed by atoms with Gasteiger partial charge in [-0.1, -0.05) is 42.3 Å². The molecule has 0 saturated heterocycles. The van der Waals surface area contributed by atoms with Gasteiger partial charge < -0.3 is 5.32 Å². The van der Waals surface area contributed by atoms with Gasteiger partial charge in [0.05, 0.1) is 22.2 Å². The second kappa shape index (κ2) is 8.11. The summed E-state index contributed by atoms with van der Waals surface area (Å²) in [6.45, 7) is 3.47. The van der Waals surface area contributed by atoms with Crippen LogP contribution in [0.25, 0.3) is 0 Å². The summed E-state index contributed by atoms with van der Waals surface area (Å²) < 4.78 is 0. The fourth-order valence-corrected chi connectivity index (χ4v) is 2.54. The topological polar surface area (TPSA) is 82.8 Å². The molecule has 1 amide bonds. The highest BCUT2D eigenvalue weighted by Crippen LogP contribution is 2.19. The molecule has 0 aliphatic carbocycles. The van der Waals surface area contributed by atoms with Gasteiger partial charge in [0, 0.05) is 23.7 Å². The average molecular weight is 376 g/mol. The van der Waals surface area contributed by atoms with Crippen LogP contribution in [-0.2, 0) is 0 Å². The summed E-state index contributed by atoms with van der Waals surface area (Å²) in [5.74, 6) is -1.02. The van der Waals surface area contributed by atoms with E-state index < -0.39 is 17.9 Å². The van der Waals surface area contributed by atoms with E-state index in [2.05, 4.69) is 10.3 Å². The van der Waals surface area contributed by atoms with Crippen molar-refractivity contribution in [1.82, 2.24) is 10.3 Å². The standard InChI is InChI=1S/C18H15Cl2N3O2/c1-10(17(24)13-5-3-12(8-21)4-6-13)11(2)23-18(25)14-7-16(20)22-9-15(14)19/h3-7,9-11H,1-2H3,(H,23,25). The molecule has 0 radical (unpaired) electrons. The number of hydrogen-bond donors (Lipinski definition) is 1. The minimum absolute atomic E-state index is 0.129. The number of halogens is 2. The lowest BCUT2D eigenvalue weighted by molar-refractivity contribution is 0.0868. The number of nitriles is 1. The Morgan fingerprint density at radius 2 is 1.84 bits per heavy atom. The third-order valence-electron chi connectivity index (χ3n) is 3.89. The Kier molecular flexibility index (Phi) is 6.13. The van der Waals surface area contributed by atoms with Crippen LogP contribution in [0.15, 0.2) is 36.5 Å². The molecule has 2 rings (SSSR count). The molecular weight excluding hydrogens is 361 g/mol. The van der Waals surface area contributed by atoms with E-state index in [0.717, 1.165) is 0 Å². The van der Waals surface area contributed by atoms with Gasteiger partial charge in [-0.2, -0.15) is 5.26 Å². The Hall–Kier alpha value is -2.42. The molecule has 2 atom stereocenters. The second-order valence-corrected chi connectivity index (χ2v) is 6.39. The van der Waals surface area contributed by atoms with Crippen molar-refractivity contribution >= 4 is 34.9 Å². The molecule has 1 aromatic carbocycles. The molecule has 0 spiro atoms. The van der Waals surface area contributed by atoms with E-state index >= 15 is 0 Å². The van der Waals surface area contributed by atoms with Crippen molar-refractivity contribution in [2.75, 3.05) is 0 Å². The molecule has 0 fully saturated rings. The number of pyridine rings is 1. The van der Waals surface area contributed by atoms with Gasteiger partial charge in [0.15, 0.2) is 5.78 Å². The van der Waals surface area contributed by atoms with Crippen molar-refractivity contribution in [2.45, 2.75) is 19.9 Å². The number of aromatic nitrogens is 1. The SMILES string of the molecule is CC(NC(=O)c1cc(Cl)ncc1Cl)C(C)C(=O)c1ccc(C#N)cc1. The van der Waals surface area contributed by atoms with Gasteiger partial charge in [0.25, 0.3) is 5.91 Å². The first-order chi connectivity index (χ1) is 11.8. The van der Waals surface area contributed by atoms with E-state index in [0.29, 0.717) is 11.1 Å². The number of nitrogens with zero attached hydrogens (tertiary/aromatic N) is 2. The van der Waals surface area contributed by atoms with Gasteiger partial charge in [-0.15, -0.1) is 0 Å². The lowest BCUT2D eigenvalue weighted by Crippen LogP contribution is -2.40. The molecule has 2 unspecified atom stereocenters. The first-order valence-electron chi connectivity index (χ1n) is 7.49. The number of ketones is 1. The van der Waals surface area contributed by atoms with Gasteiger partial charge in [0.1, 0.15) is 5.15 Å². The van der Waals surface area contributed by atoms with E-state index in [9.17, 15) is 9.59 Å². The summed E-state index contributed by atoms with van der Waals surface area (Å²) in [4.78, 5) is 28.7. The summed E-state index contributed by atoms with van der Waals surface area (Å²) in [5, 5.41) is 11.9. The number of rotatable bonds is 5. The largest absolute Gasteiger partial charge is 0.349 e. The Labute approximate surface area is 155 Å². The van der Waals surface area contributed by atoms with Crippen molar-refractivity contribution in [1.29, 1.82) is 5.26 Å². The number of hydrogen-bond acceptors (Lipinski definition) is 4. The quantitative estimate of drug-likeness (QED) is 0.634. The first-order valence-corrected chi connectivity index (χ1v) is 8.25. The average Bonchev–Trinajstić information content (AvgIpc) is 2.62. The van der Waals surface area contributed by atoms with Crippen LogP contribution in [0.1, 0.15) is 40.1 Å². The molecule has 1 N–H and O–H groups in total. The van der Waals surface area contributed by atoms with Crippen LogP contribution in [0.3, 0.4) is 0 Å². The highest BCUT2D eigenvalue weighted by atomic mass is 35.5. The molecule has 128 valence electrons. The van der Waals surface area contributed by atoms with Crippen LogP contribution >= 0.6 is 23.2 Å². The van der Waals surface area contributed by atoms with E-state index in [-0.39, 0.29) is 21.5 Å². The Bertz CT molecular complexity index is 844. The Balaban J connectivity index is 2.09. The predicted octanol–water partition coefficient (Wildman–Crippen LogP) is 3.90. The summed E-state index contributed by atoms with van der Waals surface area (Å²) >= 11 is 11.8. The first kappa shape index (κ1) is 18.9. The molecule has 0 bridgehead atoms. The lowest BCUT2D eigenvalue weighted by Gasteiger charge is -2.20. The van der Waals surface area contributed by atoms with Gasteiger partial charge in [-0.3, -0.25) is 9.59 Å². The van der Waals surface area contributed by atoms with Crippen LogP contribution in [0.2, 0.25) is 10.2 Å². The number of nitrogens with one attached hydrogen (secondary N) is 1. The Morgan fingerprint density at radius 3 is 2.44 bits per heavy atom. The smallest absolute Gasteiger partial charge is 0.253 e. The zero-order valence-electron chi connectivity index (χ0n) is 13.6. The molecule has 7 heteroatoms. The zero-order chi connectivity index (χ0) is 18.6. The van der Waals surface area contributed by atoms with Gasteiger partial charge in [-0.25, -0.2) is 4.98 Å². The molecule has 0 aliphatic heterocycles. The molecule has 0 saturated carbocycles. The van der Waals surface area contributed by atoms with Crippen LogP contribution in [0.5, 0.6) is 0 Å². The number of benzene rings is 1. The van der Waals surface area contributed by atoms with Crippen molar-refractivity contribution in [3.05, 3.63) is 63.4 Å². The van der Waals surface area contributed by atoms with Crippen LogP contribution in [0.4, 0.5) is 0 Å². The van der Waals surface area contributed by atoms with Gasteiger partial charge in [-0.05, 0) is 25.1 Å². The van der Waals surface area contributed by atoms with Gasteiger partial charge >= 0.3 is 0 Å². The molecule has 1 heterocycles. The maximum absolute atomic E-state index is 12.5. The third kappa shape index (κ3) is 4.56. The molecule has 2 aromatic rings. The van der Waals surface area contributed by atoms with Crippen molar-refractivity contribution in [3.8, 4) is 6.07 Å². The summed E-state index contributed by atoms with van der Waals surface area (Å²) in [5.41, 5.74) is 1.17. The van der Waals surface area contributed by atoms with E-state index in [4.69, 9.17) is 28.5 Å². The minimum Gasteiger partial charge on any atom is -0.349 e. The highest BCUT2D eigenvalue weighted by molar-refractivity contribution is 6.35. The predicted molar refractivity (Wildman–Crippen MR) is 95.8 cm³/mol. The molecule has 25 heavy (non-hydrogen) atoms. The number of Topliss-reactive ketones (excluding diaryl/α,β-unsaturated/α-hetero) is 1. The van der Waals surface area contributed by atoms with Gasteiger partial charge in [0.2, 0.25) is 0 Å². The third-order valence-corrected chi connectivity index (χ3v) is 4.40.